The first-order valence-corrected chi connectivity index (χ1v) is 8.61. The maximum Gasteiger partial charge on any atom is 0.156 e. The van der Waals surface area contributed by atoms with Crippen LogP contribution in [0.1, 0.15) is 36.8 Å². The molecule has 0 amide bonds. The van der Waals surface area contributed by atoms with Gasteiger partial charge in [-0.05, 0) is 49.8 Å². The number of rotatable bonds is 2. The second-order valence-electron chi connectivity index (χ2n) is 6.30. The van der Waals surface area contributed by atoms with Crippen molar-refractivity contribution >= 4 is 9.84 Å². The van der Waals surface area contributed by atoms with E-state index in [1.165, 1.54) is 6.07 Å². The summed E-state index contributed by atoms with van der Waals surface area (Å²) in [6, 6.07) is 4.95. The summed E-state index contributed by atoms with van der Waals surface area (Å²) in [5, 5.41) is 9.88. The van der Waals surface area contributed by atoms with Gasteiger partial charge in [0.25, 0.3) is 0 Å². The molecule has 0 saturated carbocycles. The fourth-order valence-corrected chi connectivity index (χ4v) is 6.17. The van der Waals surface area contributed by atoms with Crippen molar-refractivity contribution in [2.24, 2.45) is 0 Å². The SMILES string of the molecule is Cc1ccc(CC2(O)CC3CCC(C2)S3(=O)=O)cc1F. The largest absolute Gasteiger partial charge is 0.389 e. The van der Waals surface area contributed by atoms with Crippen molar-refractivity contribution < 1.29 is 17.9 Å². The molecule has 2 saturated heterocycles. The van der Waals surface area contributed by atoms with Crippen LogP contribution in [0.3, 0.4) is 0 Å². The van der Waals surface area contributed by atoms with E-state index in [1.54, 1.807) is 19.1 Å². The highest BCUT2D eigenvalue weighted by Gasteiger charge is 2.52. The van der Waals surface area contributed by atoms with Gasteiger partial charge < -0.3 is 5.11 Å². The molecule has 0 aliphatic carbocycles. The van der Waals surface area contributed by atoms with Crippen molar-refractivity contribution in [3.05, 3.63) is 35.1 Å². The van der Waals surface area contributed by atoms with Crippen molar-refractivity contribution in [3.8, 4) is 0 Å². The molecule has 2 aliphatic rings. The maximum absolute atomic E-state index is 13.6. The number of benzene rings is 1. The third-order valence-corrected chi connectivity index (χ3v) is 7.39. The second kappa shape index (κ2) is 4.53. The first kappa shape index (κ1) is 14.0. The van der Waals surface area contributed by atoms with Gasteiger partial charge in [0.05, 0.1) is 16.1 Å². The highest BCUT2D eigenvalue weighted by Crippen LogP contribution is 2.44. The van der Waals surface area contributed by atoms with Crippen molar-refractivity contribution in [2.75, 3.05) is 0 Å². The van der Waals surface area contributed by atoms with Crippen LogP contribution in [-0.2, 0) is 16.3 Å². The van der Waals surface area contributed by atoms with Gasteiger partial charge in [0, 0.05) is 6.42 Å². The molecule has 0 radical (unpaired) electrons. The molecule has 110 valence electrons. The monoisotopic (exact) mass is 298 g/mol. The van der Waals surface area contributed by atoms with E-state index in [1.807, 2.05) is 0 Å². The van der Waals surface area contributed by atoms with Crippen LogP contribution in [0.25, 0.3) is 0 Å². The van der Waals surface area contributed by atoms with Crippen molar-refractivity contribution in [1.29, 1.82) is 0 Å². The first-order valence-electron chi connectivity index (χ1n) is 7.00. The van der Waals surface area contributed by atoms with E-state index in [0.29, 0.717) is 24.8 Å². The topological polar surface area (TPSA) is 54.4 Å². The summed E-state index contributed by atoms with van der Waals surface area (Å²) in [6.45, 7) is 1.70. The molecule has 1 aromatic rings. The minimum atomic E-state index is -3.04. The predicted octanol–water partition coefficient (Wildman–Crippen LogP) is 2.15. The number of fused-ring (bicyclic) bond motifs is 2. The number of hydrogen-bond acceptors (Lipinski definition) is 3. The standard InChI is InChI=1S/C15H19FO3S/c1-10-2-3-11(6-14(10)16)7-15(17)8-12-4-5-13(9-15)20(12,18)19/h2-3,6,12-13,17H,4-5,7-9H2,1H3. The molecule has 0 spiro atoms. The molecule has 2 bridgehead atoms. The Balaban J connectivity index is 1.83. The highest BCUT2D eigenvalue weighted by molar-refractivity contribution is 7.93. The summed E-state index contributed by atoms with van der Waals surface area (Å²) in [7, 11) is -3.04. The lowest BCUT2D eigenvalue weighted by Gasteiger charge is -2.36. The summed E-state index contributed by atoms with van der Waals surface area (Å²) in [4.78, 5) is 0. The molecule has 0 aromatic heterocycles. The van der Waals surface area contributed by atoms with Gasteiger partial charge in [-0.3, -0.25) is 0 Å². The number of halogens is 1. The van der Waals surface area contributed by atoms with Crippen LogP contribution < -0.4 is 0 Å². The number of aliphatic hydroxyl groups is 1. The number of sulfone groups is 1. The lowest BCUT2D eigenvalue weighted by atomic mass is 9.86. The molecular formula is C15H19FO3S. The number of hydrogen-bond donors (Lipinski definition) is 1. The van der Waals surface area contributed by atoms with E-state index < -0.39 is 25.9 Å². The van der Waals surface area contributed by atoms with E-state index in [4.69, 9.17) is 0 Å². The Morgan fingerprint density at radius 3 is 2.45 bits per heavy atom. The molecule has 1 N–H and O–H groups in total. The van der Waals surface area contributed by atoms with E-state index in [9.17, 15) is 17.9 Å². The van der Waals surface area contributed by atoms with Gasteiger partial charge in [-0.1, -0.05) is 12.1 Å². The Kier molecular flexibility index (Phi) is 3.18. The minimum absolute atomic E-state index is 0.279. The quantitative estimate of drug-likeness (QED) is 0.910. The fraction of sp³-hybridized carbons (Fsp3) is 0.600. The van der Waals surface area contributed by atoms with E-state index in [-0.39, 0.29) is 18.7 Å². The van der Waals surface area contributed by atoms with Gasteiger partial charge in [0.2, 0.25) is 0 Å². The molecular weight excluding hydrogens is 279 g/mol. The Bertz CT molecular complexity index is 619. The highest BCUT2D eigenvalue weighted by atomic mass is 32.2. The first-order chi connectivity index (χ1) is 9.30. The molecule has 1 aromatic carbocycles. The fourth-order valence-electron chi connectivity index (χ4n) is 3.61. The summed E-state index contributed by atoms with van der Waals surface area (Å²) in [5.41, 5.74) is 0.292. The third-order valence-electron chi connectivity index (χ3n) is 4.72. The summed E-state index contributed by atoms with van der Waals surface area (Å²) in [6.07, 6.45) is 2.19. The Hall–Kier alpha value is -0.940. The summed E-state index contributed by atoms with van der Waals surface area (Å²) >= 11 is 0. The molecule has 2 atom stereocenters. The smallest absolute Gasteiger partial charge is 0.156 e. The molecule has 2 aliphatic heterocycles. The Morgan fingerprint density at radius 2 is 1.90 bits per heavy atom. The second-order valence-corrected chi connectivity index (χ2v) is 8.81. The van der Waals surface area contributed by atoms with E-state index in [0.717, 1.165) is 5.56 Å². The Labute approximate surface area is 118 Å². The molecule has 2 fully saturated rings. The minimum Gasteiger partial charge on any atom is -0.389 e. The van der Waals surface area contributed by atoms with Crippen LogP contribution in [0.5, 0.6) is 0 Å². The lowest BCUT2D eigenvalue weighted by molar-refractivity contribution is 0.0219. The van der Waals surface area contributed by atoms with E-state index >= 15 is 0 Å². The van der Waals surface area contributed by atoms with E-state index in [2.05, 4.69) is 0 Å². The Morgan fingerprint density at radius 1 is 1.30 bits per heavy atom. The van der Waals surface area contributed by atoms with Crippen molar-refractivity contribution in [1.82, 2.24) is 0 Å². The predicted molar refractivity (Wildman–Crippen MR) is 74.8 cm³/mol. The molecule has 3 rings (SSSR count). The zero-order valence-electron chi connectivity index (χ0n) is 11.5. The summed E-state index contributed by atoms with van der Waals surface area (Å²) < 4.78 is 37.7. The van der Waals surface area contributed by atoms with Gasteiger partial charge in [0.15, 0.2) is 9.84 Å². The molecule has 2 heterocycles. The van der Waals surface area contributed by atoms with Crippen LogP contribution >= 0.6 is 0 Å². The lowest BCUT2D eigenvalue weighted by Crippen LogP contribution is -2.46. The van der Waals surface area contributed by atoms with Gasteiger partial charge >= 0.3 is 0 Å². The van der Waals surface area contributed by atoms with Crippen molar-refractivity contribution in [2.45, 2.75) is 55.1 Å². The molecule has 5 heteroatoms. The average molecular weight is 298 g/mol. The normalized spacial score (nSPS) is 35.1. The zero-order valence-corrected chi connectivity index (χ0v) is 12.3. The van der Waals surface area contributed by atoms with Crippen LogP contribution in [-0.4, -0.2) is 29.6 Å². The van der Waals surface area contributed by atoms with Crippen LogP contribution in [0.15, 0.2) is 18.2 Å². The van der Waals surface area contributed by atoms with Crippen LogP contribution in [0.4, 0.5) is 4.39 Å². The third kappa shape index (κ3) is 2.27. The molecule has 3 nitrogen and oxygen atoms in total. The van der Waals surface area contributed by atoms with Gasteiger partial charge in [-0.2, -0.15) is 0 Å². The molecule has 20 heavy (non-hydrogen) atoms. The van der Waals surface area contributed by atoms with Gasteiger partial charge in [0.1, 0.15) is 5.82 Å². The molecule has 2 unspecified atom stereocenters. The maximum atomic E-state index is 13.6. The number of aryl methyl sites for hydroxylation is 1. The van der Waals surface area contributed by atoms with Crippen LogP contribution in [0.2, 0.25) is 0 Å². The van der Waals surface area contributed by atoms with Crippen LogP contribution in [0, 0.1) is 12.7 Å². The average Bonchev–Trinajstić information content (AvgIpc) is 2.54. The van der Waals surface area contributed by atoms with Gasteiger partial charge in [-0.25, -0.2) is 12.8 Å². The van der Waals surface area contributed by atoms with Gasteiger partial charge in [-0.15, -0.1) is 0 Å². The summed E-state index contributed by atoms with van der Waals surface area (Å²) in [5.74, 6) is -0.280. The van der Waals surface area contributed by atoms with Crippen molar-refractivity contribution in [3.63, 3.8) is 0 Å². The zero-order chi connectivity index (χ0) is 14.5.